The number of aryl methyl sites for hydroxylation is 1. The van der Waals surface area contributed by atoms with Crippen LogP contribution in [-0.4, -0.2) is 27.0 Å². The summed E-state index contributed by atoms with van der Waals surface area (Å²) < 4.78 is 41.5. The Hall–Kier alpha value is -2.58. The normalized spacial score (nSPS) is 11.2. The Balaban J connectivity index is 1.97. The van der Waals surface area contributed by atoms with Crippen molar-refractivity contribution >= 4 is 5.91 Å². The Morgan fingerprint density at radius 1 is 1.43 bits per heavy atom. The summed E-state index contributed by atoms with van der Waals surface area (Å²) in [5.41, 5.74) is 0.459. The molecule has 0 fully saturated rings. The molecule has 0 spiro atoms. The van der Waals surface area contributed by atoms with Crippen molar-refractivity contribution in [3.05, 3.63) is 42.0 Å². The van der Waals surface area contributed by atoms with Crippen LogP contribution in [-0.2, 0) is 13.6 Å². The van der Waals surface area contributed by atoms with Crippen LogP contribution in [0.4, 0.5) is 13.2 Å². The fourth-order valence-electron chi connectivity index (χ4n) is 1.56. The SMILES string of the molecule is Cn1cnc(C(=O)NCc2cccc(OC(F)(F)F)c2)n1. The van der Waals surface area contributed by atoms with Gasteiger partial charge in [-0.15, -0.1) is 18.3 Å². The number of nitrogens with zero attached hydrogens (tertiary/aromatic N) is 3. The number of alkyl halides is 3. The predicted octanol–water partition coefficient (Wildman–Crippen LogP) is 1.64. The van der Waals surface area contributed by atoms with Crippen molar-refractivity contribution in [2.45, 2.75) is 12.9 Å². The minimum Gasteiger partial charge on any atom is -0.406 e. The zero-order chi connectivity index (χ0) is 15.5. The largest absolute Gasteiger partial charge is 0.573 e. The zero-order valence-corrected chi connectivity index (χ0v) is 10.9. The summed E-state index contributed by atoms with van der Waals surface area (Å²) in [6, 6.07) is 5.34. The van der Waals surface area contributed by atoms with E-state index in [-0.39, 0.29) is 18.1 Å². The van der Waals surface area contributed by atoms with Crippen LogP contribution in [0.2, 0.25) is 0 Å². The third-order valence-corrected chi connectivity index (χ3v) is 2.39. The highest BCUT2D eigenvalue weighted by Gasteiger charge is 2.31. The lowest BCUT2D eigenvalue weighted by molar-refractivity contribution is -0.274. The predicted molar refractivity (Wildman–Crippen MR) is 65.3 cm³/mol. The Morgan fingerprint density at radius 3 is 2.81 bits per heavy atom. The van der Waals surface area contributed by atoms with E-state index in [1.165, 1.54) is 29.2 Å². The van der Waals surface area contributed by atoms with Crippen molar-refractivity contribution < 1.29 is 22.7 Å². The van der Waals surface area contributed by atoms with Crippen LogP contribution in [0.1, 0.15) is 16.2 Å². The number of hydrogen-bond acceptors (Lipinski definition) is 4. The molecule has 1 aromatic heterocycles. The number of nitrogens with one attached hydrogen (secondary N) is 1. The molecular weight excluding hydrogens is 289 g/mol. The smallest absolute Gasteiger partial charge is 0.406 e. The molecule has 112 valence electrons. The second-order valence-corrected chi connectivity index (χ2v) is 4.12. The third kappa shape index (κ3) is 4.48. The number of carbonyl (C=O) groups is 1. The first-order valence-electron chi connectivity index (χ1n) is 5.82. The minimum absolute atomic E-state index is 0.0137. The van der Waals surface area contributed by atoms with Crippen LogP contribution in [0.25, 0.3) is 0 Å². The third-order valence-electron chi connectivity index (χ3n) is 2.39. The number of hydrogen-bond donors (Lipinski definition) is 1. The second-order valence-electron chi connectivity index (χ2n) is 4.12. The summed E-state index contributed by atoms with van der Waals surface area (Å²) in [6.45, 7) is 0.0339. The van der Waals surface area contributed by atoms with E-state index in [9.17, 15) is 18.0 Å². The molecule has 0 saturated heterocycles. The maximum Gasteiger partial charge on any atom is 0.573 e. The number of carbonyl (C=O) groups excluding carboxylic acids is 1. The molecule has 0 saturated carbocycles. The molecule has 2 aromatic rings. The van der Waals surface area contributed by atoms with Crippen molar-refractivity contribution in [2.75, 3.05) is 0 Å². The molecule has 2 rings (SSSR count). The lowest BCUT2D eigenvalue weighted by atomic mass is 10.2. The highest BCUT2D eigenvalue weighted by atomic mass is 19.4. The van der Waals surface area contributed by atoms with E-state index >= 15 is 0 Å². The molecule has 1 aromatic carbocycles. The molecule has 0 aliphatic heterocycles. The molecule has 0 aliphatic carbocycles. The first-order valence-corrected chi connectivity index (χ1v) is 5.82. The molecule has 0 unspecified atom stereocenters. The number of aromatic nitrogens is 3. The van der Waals surface area contributed by atoms with E-state index in [1.807, 2.05) is 0 Å². The van der Waals surface area contributed by atoms with E-state index in [4.69, 9.17) is 0 Å². The Morgan fingerprint density at radius 2 is 2.19 bits per heavy atom. The summed E-state index contributed by atoms with van der Waals surface area (Å²) >= 11 is 0. The summed E-state index contributed by atoms with van der Waals surface area (Å²) in [4.78, 5) is 15.4. The lowest BCUT2D eigenvalue weighted by Gasteiger charge is -2.10. The summed E-state index contributed by atoms with van der Waals surface area (Å²) in [7, 11) is 1.61. The van der Waals surface area contributed by atoms with Crippen molar-refractivity contribution in [3.63, 3.8) is 0 Å². The monoisotopic (exact) mass is 300 g/mol. The van der Waals surface area contributed by atoms with Gasteiger partial charge in [0.25, 0.3) is 5.91 Å². The van der Waals surface area contributed by atoms with Gasteiger partial charge >= 0.3 is 6.36 Å². The van der Waals surface area contributed by atoms with Crippen LogP contribution in [0.15, 0.2) is 30.6 Å². The first-order chi connectivity index (χ1) is 9.83. The molecule has 0 atom stereocenters. The second kappa shape index (κ2) is 5.81. The van der Waals surface area contributed by atoms with Crippen molar-refractivity contribution in [1.82, 2.24) is 20.1 Å². The van der Waals surface area contributed by atoms with Crippen LogP contribution < -0.4 is 10.1 Å². The quantitative estimate of drug-likeness (QED) is 0.932. The Kier molecular flexibility index (Phi) is 4.10. The summed E-state index contributed by atoms with van der Waals surface area (Å²) in [5, 5.41) is 6.31. The summed E-state index contributed by atoms with van der Waals surface area (Å²) in [5.74, 6) is -0.872. The topological polar surface area (TPSA) is 69.0 Å². The molecular formula is C12H11F3N4O2. The van der Waals surface area contributed by atoms with E-state index in [0.29, 0.717) is 5.56 Å². The molecule has 9 heteroatoms. The van der Waals surface area contributed by atoms with Gasteiger partial charge < -0.3 is 10.1 Å². The van der Waals surface area contributed by atoms with Crippen LogP contribution in [0.3, 0.4) is 0 Å². The average Bonchev–Trinajstić information content (AvgIpc) is 2.81. The van der Waals surface area contributed by atoms with Gasteiger partial charge in [0, 0.05) is 13.6 Å². The maximum absolute atomic E-state index is 12.1. The minimum atomic E-state index is -4.75. The Bertz CT molecular complexity index is 639. The number of halogens is 3. The fourth-order valence-corrected chi connectivity index (χ4v) is 1.56. The number of benzene rings is 1. The molecule has 1 amide bonds. The van der Waals surface area contributed by atoms with Crippen LogP contribution in [0, 0.1) is 0 Å². The van der Waals surface area contributed by atoms with E-state index in [0.717, 1.165) is 0 Å². The highest BCUT2D eigenvalue weighted by molar-refractivity contribution is 5.90. The molecule has 0 aliphatic rings. The van der Waals surface area contributed by atoms with Crippen LogP contribution in [0.5, 0.6) is 5.75 Å². The fraction of sp³-hybridized carbons (Fsp3) is 0.250. The van der Waals surface area contributed by atoms with Gasteiger partial charge in [-0.3, -0.25) is 9.48 Å². The van der Waals surface area contributed by atoms with Crippen LogP contribution >= 0.6 is 0 Å². The van der Waals surface area contributed by atoms with Gasteiger partial charge in [-0.05, 0) is 17.7 Å². The van der Waals surface area contributed by atoms with Crippen molar-refractivity contribution in [3.8, 4) is 5.75 Å². The van der Waals surface area contributed by atoms with Gasteiger partial charge in [0.1, 0.15) is 12.1 Å². The number of amides is 1. The maximum atomic E-state index is 12.1. The van der Waals surface area contributed by atoms with Gasteiger partial charge in [-0.1, -0.05) is 12.1 Å². The molecule has 0 bridgehead atoms. The average molecular weight is 300 g/mol. The standard InChI is InChI=1S/C12H11F3N4O2/c1-19-7-17-10(18-19)11(20)16-6-8-3-2-4-9(5-8)21-12(13,14)15/h2-5,7H,6H2,1H3,(H,16,20). The molecule has 0 radical (unpaired) electrons. The van der Waals surface area contributed by atoms with Gasteiger partial charge in [-0.2, -0.15) is 0 Å². The van der Waals surface area contributed by atoms with Gasteiger partial charge in [0.15, 0.2) is 0 Å². The zero-order valence-electron chi connectivity index (χ0n) is 10.9. The Labute approximate surface area is 117 Å². The van der Waals surface area contributed by atoms with Gasteiger partial charge in [0.2, 0.25) is 5.82 Å². The van der Waals surface area contributed by atoms with E-state index in [2.05, 4.69) is 20.1 Å². The molecule has 21 heavy (non-hydrogen) atoms. The molecule has 1 heterocycles. The van der Waals surface area contributed by atoms with E-state index in [1.54, 1.807) is 13.1 Å². The van der Waals surface area contributed by atoms with Gasteiger partial charge in [-0.25, -0.2) is 4.98 Å². The van der Waals surface area contributed by atoms with E-state index < -0.39 is 12.3 Å². The number of rotatable bonds is 4. The highest BCUT2D eigenvalue weighted by Crippen LogP contribution is 2.23. The summed E-state index contributed by atoms with van der Waals surface area (Å²) in [6.07, 6.45) is -3.38. The molecule has 1 N–H and O–H groups in total. The lowest BCUT2D eigenvalue weighted by Crippen LogP contribution is -2.24. The van der Waals surface area contributed by atoms with Crippen molar-refractivity contribution in [2.24, 2.45) is 7.05 Å². The van der Waals surface area contributed by atoms with Gasteiger partial charge in [0.05, 0.1) is 0 Å². The van der Waals surface area contributed by atoms with Crippen molar-refractivity contribution in [1.29, 1.82) is 0 Å². The first kappa shape index (κ1) is 14.8. The molecule has 6 nitrogen and oxygen atoms in total. The number of ether oxygens (including phenoxy) is 1.